The first-order chi connectivity index (χ1) is 9.69. The second-order valence-corrected chi connectivity index (χ2v) is 4.59. The van der Waals surface area contributed by atoms with E-state index in [0.29, 0.717) is 18.7 Å². The standard InChI is InChI=1S/C16H18N2O2/c1-12-5-3-8-15(18-12)10-17-16(19)14-7-4-6-13(9-14)11-20-2/h3-9H,10-11H2,1-2H3,(H,17,19). The molecule has 0 saturated carbocycles. The van der Waals surface area contributed by atoms with Gasteiger partial charge in [0.25, 0.3) is 5.91 Å². The molecule has 0 aliphatic heterocycles. The highest BCUT2D eigenvalue weighted by atomic mass is 16.5. The maximum atomic E-state index is 12.1. The SMILES string of the molecule is COCc1cccc(C(=O)NCc2cccc(C)n2)c1. The molecule has 0 radical (unpaired) electrons. The van der Waals surface area contributed by atoms with E-state index in [9.17, 15) is 4.79 Å². The van der Waals surface area contributed by atoms with E-state index < -0.39 is 0 Å². The second kappa shape index (κ2) is 6.82. The van der Waals surface area contributed by atoms with Gasteiger partial charge in [0.2, 0.25) is 0 Å². The molecule has 0 bridgehead atoms. The summed E-state index contributed by atoms with van der Waals surface area (Å²) in [6.07, 6.45) is 0. The van der Waals surface area contributed by atoms with Crippen LogP contribution in [0.1, 0.15) is 27.3 Å². The van der Waals surface area contributed by atoms with Crippen LogP contribution in [0.5, 0.6) is 0 Å². The van der Waals surface area contributed by atoms with Crippen LogP contribution in [-0.2, 0) is 17.9 Å². The van der Waals surface area contributed by atoms with Gasteiger partial charge >= 0.3 is 0 Å². The van der Waals surface area contributed by atoms with E-state index in [1.807, 2.05) is 43.3 Å². The van der Waals surface area contributed by atoms with Crippen LogP contribution in [0.15, 0.2) is 42.5 Å². The zero-order valence-electron chi connectivity index (χ0n) is 11.7. The maximum Gasteiger partial charge on any atom is 0.251 e. The number of amides is 1. The molecule has 0 aliphatic carbocycles. The molecule has 1 aromatic carbocycles. The minimum absolute atomic E-state index is 0.105. The lowest BCUT2D eigenvalue weighted by Crippen LogP contribution is -2.23. The average Bonchev–Trinajstić information content (AvgIpc) is 2.45. The molecule has 0 spiro atoms. The number of aromatic nitrogens is 1. The molecule has 0 saturated heterocycles. The molecule has 0 fully saturated rings. The number of carbonyl (C=O) groups is 1. The molecule has 0 aliphatic rings. The first-order valence-electron chi connectivity index (χ1n) is 6.47. The molecule has 20 heavy (non-hydrogen) atoms. The van der Waals surface area contributed by atoms with E-state index in [2.05, 4.69) is 10.3 Å². The molecule has 1 heterocycles. The molecule has 1 aromatic heterocycles. The maximum absolute atomic E-state index is 12.1. The normalized spacial score (nSPS) is 10.3. The number of nitrogens with one attached hydrogen (secondary N) is 1. The Morgan fingerprint density at radius 1 is 1.25 bits per heavy atom. The van der Waals surface area contributed by atoms with Gasteiger partial charge < -0.3 is 10.1 Å². The van der Waals surface area contributed by atoms with E-state index >= 15 is 0 Å². The van der Waals surface area contributed by atoms with Crippen molar-refractivity contribution in [2.24, 2.45) is 0 Å². The number of benzene rings is 1. The average molecular weight is 270 g/mol. The van der Waals surface area contributed by atoms with Crippen molar-refractivity contribution >= 4 is 5.91 Å². The van der Waals surface area contributed by atoms with E-state index in [-0.39, 0.29) is 5.91 Å². The van der Waals surface area contributed by atoms with Crippen molar-refractivity contribution in [3.05, 3.63) is 65.0 Å². The molecule has 1 amide bonds. The van der Waals surface area contributed by atoms with Crippen LogP contribution in [0, 0.1) is 6.92 Å². The van der Waals surface area contributed by atoms with Crippen LogP contribution < -0.4 is 5.32 Å². The van der Waals surface area contributed by atoms with Gasteiger partial charge in [0.15, 0.2) is 0 Å². The van der Waals surface area contributed by atoms with E-state index in [1.165, 1.54) is 0 Å². The lowest BCUT2D eigenvalue weighted by Gasteiger charge is -2.07. The molecular weight excluding hydrogens is 252 g/mol. The Labute approximate surface area is 118 Å². The molecule has 0 atom stereocenters. The van der Waals surface area contributed by atoms with Gasteiger partial charge in [0.05, 0.1) is 18.8 Å². The molecular formula is C16H18N2O2. The van der Waals surface area contributed by atoms with Gasteiger partial charge in [-0.1, -0.05) is 18.2 Å². The predicted octanol–water partition coefficient (Wildman–Crippen LogP) is 2.47. The van der Waals surface area contributed by atoms with Gasteiger partial charge in [-0.2, -0.15) is 0 Å². The highest BCUT2D eigenvalue weighted by molar-refractivity contribution is 5.94. The van der Waals surface area contributed by atoms with Crippen molar-refractivity contribution in [1.82, 2.24) is 10.3 Å². The first-order valence-corrected chi connectivity index (χ1v) is 6.47. The fourth-order valence-electron chi connectivity index (χ4n) is 1.94. The highest BCUT2D eigenvalue weighted by Crippen LogP contribution is 2.07. The molecule has 104 valence electrons. The summed E-state index contributed by atoms with van der Waals surface area (Å²) in [6.45, 7) is 2.86. The zero-order valence-corrected chi connectivity index (χ0v) is 11.7. The number of nitrogens with zero attached hydrogens (tertiary/aromatic N) is 1. The topological polar surface area (TPSA) is 51.2 Å². The Morgan fingerprint density at radius 2 is 2.05 bits per heavy atom. The van der Waals surface area contributed by atoms with E-state index in [1.54, 1.807) is 13.2 Å². The molecule has 1 N–H and O–H groups in total. The van der Waals surface area contributed by atoms with Crippen LogP contribution in [0.4, 0.5) is 0 Å². The number of rotatable bonds is 5. The Hall–Kier alpha value is -2.20. The fraction of sp³-hybridized carbons (Fsp3) is 0.250. The van der Waals surface area contributed by atoms with Gasteiger partial charge in [0, 0.05) is 18.4 Å². The summed E-state index contributed by atoms with van der Waals surface area (Å²) in [5.74, 6) is -0.105. The van der Waals surface area contributed by atoms with E-state index in [0.717, 1.165) is 17.0 Å². The monoisotopic (exact) mass is 270 g/mol. The van der Waals surface area contributed by atoms with Crippen LogP contribution in [0.2, 0.25) is 0 Å². The van der Waals surface area contributed by atoms with Crippen molar-refractivity contribution in [2.45, 2.75) is 20.1 Å². The summed E-state index contributed by atoms with van der Waals surface area (Å²) in [6, 6.07) is 13.2. The number of aryl methyl sites for hydroxylation is 1. The summed E-state index contributed by atoms with van der Waals surface area (Å²) in [4.78, 5) is 16.4. The third-order valence-corrected chi connectivity index (χ3v) is 2.88. The van der Waals surface area contributed by atoms with Crippen molar-refractivity contribution in [3.8, 4) is 0 Å². The number of hydrogen-bond donors (Lipinski definition) is 1. The third-order valence-electron chi connectivity index (χ3n) is 2.88. The molecule has 2 aromatic rings. The molecule has 0 unspecified atom stereocenters. The largest absolute Gasteiger partial charge is 0.380 e. The van der Waals surface area contributed by atoms with Crippen LogP contribution in [-0.4, -0.2) is 18.0 Å². The van der Waals surface area contributed by atoms with Gasteiger partial charge in [-0.25, -0.2) is 0 Å². The summed E-state index contributed by atoms with van der Waals surface area (Å²) in [5.41, 5.74) is 3.41. The summed E-state index contributed by atoms with van der Waals surface area (Å²) < 4.78 is 5.06. The predicted molar refractivity (Wildman–Crippen MR) is 77.3 cm³/mol. The number of methoxy groups -OCH3 is 1. The Balaban J connectivity index is 1.99. The van der Waals surface area contributed by atoms with Crippen molar-refractivity contribution in [3.63, 3.8) is 0 Å². The van der Waals surface area contributed by atoms with E-state index in [4.69, 9.17) is 4.74 Å². The Kier molecular flexibility index (Phi) is 4.85. The minimum Gasteiger partial charge on any atom is -0.380 e. The van der Waals surface area contributed by atoms with Crippen LogP contribution in [0.25, 0.3) is 0 Å². The second-order valence-electron chi connectivity index (χ2n) is 4.59. The molecule has 4 nitrogen and oxygen atoms in total. The van der Waals surface area contributed by atoms with Gasteiger partial charge in [-0.15, -0.1) is 0 Å². The molecule has 4 heteroatoms. The quantitative estimate of drug-likeness (QED) is 0.908. The number of ether oxygens (including phenoxy) is 1. The number of hydrogen-bond acceptors (Lipinski definition) is 3. The van der Waals surface area contributed by atoms with Crippen LogP contribution >= 0.6 is 0 Å². The lowest BCUT2D eigenvalue weighted by atomic mass is 10.1. The lowest BCUT2D eigenvalue weighted by molar-refractivity contribution is 0.0950. The Morgan fingerprint density at radius 3 is 2.80 bits per heavy atom. The van der Waals surface area contributed by atoms with Gasteiger partial charge in [-0.3, -0.25) is 9.78 Å². The highest BCUT2D eigenvalue weighted by Gasteiger charge is 2.06. The smallest absolute Gasteiger partial charge is 0.251 e. The van der Waals surface area contributed by atoms with Crippen molar-refractivity contribution in [1.29, 1.82) is 0 Å². The summed E-state index contributed by atoms with van der Waals surface area (Å²) in [5, 5.41) is 2.87. The van der Waals surface area contributed by atoms with Gasteiger partial charge in [0.1, 0.15) is 0 Å². The van der Waals surface area contributed by atoms with Crippen molar-refractivity contribution < 1.29 is 9.53 Å². The first kappa shape index (κ1) is 14.2. The summed E-state index contributed by atoms with van der Waals surface area (Å²) in [7, 11) is 1.64. The Bertz CT molecular complexity index is 597. The van der Waals surface area contributed by atoms with Gasteiger partial charge in [-0.05, 0) is 36.8 Å². The van der Waals surface area contributed by atoms with Crippen LogP contribution in [0.3, 0.4) is 0 Å². The molecule has 2 rings (SSSR count). The summed E-state index contributed by atoms with van der Waals surface area (Å²) >= 11 is 0. The number of carbonyl (C=O) groups excluding carboxylic acids is 1. The zero-order chi connectivity index (χ0) is 14.4. The number of pyridine rings is 1. The van der Waals surface area contributed by atoms with Crippen molar-refractivity contribution in [2.75, 3.05) is 7.11 Å². The fourth-order valence-corrected chi connectivity index (χ4v) is 1.94. The third kappa shape index (κ3) is 3.90. The minimum atomic E-state index is -0.105.